The molecule has 0 aliphatic heterocycles. The summed E-state index contributed by atoms with van der Waals surface area (Å²) in [4.78, 5) is 12.6. The van der Waals surface area contributed by atoms with Crippen molar-refractivity contribution in [3.8, 4) is 5.75 Å². The zero-order chi connectivity index (χ0) is 13.7. The Hall–Kier alpha value is -2.01. The minimum atomic E-state index is -0.809. The van der Waals surface area contributed by atoms with E-state index >= 15 is 0 Å². The average molecular weight is 271 g/mol. The van der Waals surface area contributed by atoms with E-state index in [1.54, 1.807) is 24.8 Å². The van der Waals surface area contributed by atoms with Crippen molar-refractivity contribution in [3.63, 3.8) is 0 Å². The van der Waals surface area contributed by atoms with Crippen molar-refractivity contribution in [3.05, 3.63) is 48.0 Å². The van der Waals surface area contributed by atoms with Crippen molar-refractivity contribution < 1.29 is 5.85 Å². The molecule has 0 bridgehead atoms. The van der Waals surface area contributed by atoms with Crippen LogP contribution in [0.15, 0.2) is 41.8 Å². The van der Waals surface area contributed by atoms with Crippen molar-refractivity contribution in [1.82, 2.24) is 9.97 Å². The molecule has 1 heterocycles. The summed E-state index contributed by atoms with van der Waals surface area (Å²) in [5.41, 5.74) is 2.71. The molecule has 4 nitrogen and oxygen atoms in total. The lowest BCUT2D eigenvalue weighted by atomic mass is 10.2. The van der Waals surface area contributed by atoms with Crippen molar-refractivity contribution in [2.24, 2.45) is 4.99 Å². The molecule has 0 fully saturated rings. The summed E-state index contributed by atoms with van der Waals surface area (Å²) < 4.78 is 5.87. The Morgan fingerprint density at radius 1 is 1.32 bits per heavy atom. The van der Waals surface area contributed by atoms with Gasteiger partial charge < -0.3 is 4.43 Å². The molecule has 0 N–H and O–H groups in total. The molecule has 2 aromatic rings. The summed E-state index contributed by atoms with van der Waals surface area (Å²) in [7, 11) is -0.809. The van der Waals surface area contributed by atoms with Crippen LogP contribution in [-0.4, -0.2) is 25.2 Å². The lowest BCUT2D eigenvalue weighted by Crippen LogP contribution is -2.11. The maximum Gasteiger partial charge on any atom is 1.00 e. The van der Waals surface area contributed by atoms with Crippen molar-refractivity contribution in [2.75, 3.05) is 0 Å². The van der Waals surface area contributed by atoms with E-state index in [-0.39, 0.29) is 1.43 Å². The summed E-state index contributed by atoms with van der Waals surface area (Å²) >= 11 is 0. The van der Waals surface area contributed by atoms with Gasteiger partial charge in [0.1, 0.15) is 11.4 Å². The molecule has 2 rings (SSSR count). The first kappa shape index (κ1) is 13.4. The molecule has 1 radical (unpaired) electrons. The summed E-state index contributed by atoms with van der Waals surface area (Å²) in [5.74, 6) is 0.832. The van der Waals surface area contributed by atoms with Gasteiger partial charge in [-0.05, 0) is 37.7 Å². The predicted molar refractivity (Wildman–Crippen MR) is 79.7 cm³/mol. The summed E-state index contributed by atoms with van der Waals surface area (Å²) in [6.45, 7) is 6.24. The van der Waals surface area contributed by atoms with E-state index < -0.39 is 9.04 Å². The summed E-state index contributed by atoms with van der Waals surface area (Å²) in [6, 6.07) is 6.00. The molecule has 1 aromatic carbocycles. The first-order chi connectivity index (χ1) is 9.15. The van der Waals surface area contributed by atoms with Gasteiger partial charge in [-0.3, -0.25) is 15.0 Å². The van der Waals surface area contributed by atoms with Crippen LogP contribution in [0.25, 0.3) is 0 Å². The second-order valence-electron chi connectivity index (χ2n) is 4.37. The predicted octanol–water partition coefficient (Wildman–Crippen LogP) is 3.28. The second kappa shape index (κ2) is 6.24. The van der Waals surface area contributed by atoms with E-state index in [9.17, 15) is 0 Å². The average Bonchev–Trinajstić information content (AvgIpc) is 2.38. The molecule has 0 aliphatic carbocycles. The molecule has 0 spiro atoms. The lowest BCUT2D eigenvalue weighted by molar-refractivity contribution is 0.581. The lowest BCUT2D eigenvalue weighted by Gasteiger charge is -2.11. The molecule has 0 aliphatic rings. The Labute approximate surface area is 116 Å². The maximum atomic E-state index is 5.87. The van der Waals surface area contributed by atoms with Gasteiger partial charge in [-0.15, -0.1) is 0 Å². The Balaban J connectivity index is 0.00000200. The van der Waals surface area contributed by atoms with Crippen LogP contribution >= 0.6 is 0 Å². The molecule has 1 aromatic heterocycles. The van der Waals surface area contributed by atoms with Gasteiger partial charge in [0.05, 0.1) is 18.1 Å². The fourth-order valence-electron chi connectivity index (χ4n) is 1.54. The normalized spacial score (nSPS) is 11.2. The first-order valence-corrected chi connectivity index (χ1v) is 8.45. The number of aryl methyl sites for hydroxylation is 1. The van der Waals surface area contributed by atoms with Crippen molar-refractivity contribution in [1.29, 1.82) is 0 Å². The standard InChI is InChI=1S/C14H16N3OSi/c1-11-4-5-13(14(8-11)18-19(2)3)17-10-12-9-15-6-7-16-12/h4-10H,1-3H3/p+1. The Bertz CT molecular complexity index is 576. The number of aliphatic imine (C=N–C) groups is 1. The van der Waals surface area contributed by atoms with Crippen LogP contribution in [0.2, 0.25) is 13.1 Å². The van der Waals surface area contributed by atoms with Crippen LogP contribution in [0.5, 0.6) is 5.75 Å². The van der Waals surface area contributed by atoms with Crippen LogP contribution in [0.1, 0.15) is 12.7 Å². The summed E-state index contributed by atoms with van der Waals surface area (Å²) in [5, 5.41) is 0. The third-order valence-electron chi connectivity index (χ3n) is 2.35. The van der Waals surface area contributed by atoms with Crippen molar-refractivity contribution >= 4 is 20.9 Å². The molecular weight excluding hydrogens is 254 g/mol. The van der Waals surface area contributed by atoms with Gasteiger partial charge in [0.2, 0.25) is 0 Å². The molecule has 19 heavy (non-hydrogen) atoms. The third-order valence-corrected chi connectivity index (χ3v) is 2.98. The fraction of sp³-hybridized carbons (Fsp3) is 0.214. The van der Waals surface area contributed by atoms with E-state index in [4.69, 9.17) is 4.43 Å². The van der Waals surface area contributed by atoms with E-state index in [1.165, 1.54) is 0 Å². The minimum absolute atomic E-state index is 0. The number of nitrogens with zero attached hydrogens (tertiary/aromatic N) is 3. The minimum Gasteiger partial charge on any atom is -0.541 e. The topological polar surface area (TPSA) is 47.4 Å². The molecule has 0 saturated carbocycles. The van der Waals surface area contributed by atoms with E-state index in [0.717, 1.165) is 22.7 Å². The van der Waals surface area contributed by atoms with Crippen LogP contribution < -0.4 is 4.43 Å². The highest BCUT2D eigenvalue weighted by molar-refractivity contribution is 6.49. The number of rotatable bonds is 4. The molecule has 0 amide bonds. The number of hydrogen-bond acceptors (Lipinski definition) is 4. The van der Waals surface area contributed by atoms with Crippen LogP contribution in [-0.2, 0) is 0 Å². The largest absolute Gasteiger partial charge is 1.00 e. The van der Waals surface area contributed by atoms with Gasteiger partial charge in [-0.25, -0.2) is 0 Å². The van der Waals surface area contributed by atoms with E-state index in [1.807, 2.05) is 25.1 Å². The van der Waals surface area contributed by atoms with Gasteiger partial charge in [0, 0.05) is 12.4 Å². The van der Waals surface area contributed by atoms with Crippen molar-refractivity contribution in [2.45, 2.75) is 20.0 Å². The van der Waals surface area contributed by atoms with Gasteiger partial charge >= 0.3 is 1.43 Å². The van der Waals surface area contributed by atoms with Gasteiger partial charge in [-0.1, -0.05) is 6.07 Å². The molecule has 5 heteroatoms. The monoisotopic (exact) mass is 271 g/mol. The number of benzene rings is 1. The molecule has 0 saturated heterocycles. The number of hydrogen-bond donors (Lipinski definition) is 0. The van der Waals surface area contributed by atoms with Gasteiger partial charge in [0.15, 0.2) is 0 Å². The highest BCUT2D eigenvalue weighted by Crippen LogP contribution is 2.28. The Kier molecular flexibility index (Phi) is 4.41. The zero-order valence-electron chi connectivity index (χ0n) is 12.3. The zero-order valence-corrected chi connectivity index (χ0v) is 12.3. The fourth-order valence-corrected chi connectivity index (χ4v) is 2.15. The SMILES string of the molecule is Cc1ccc(N=Cc2cnccn2)c(O[Si](C)C)c1.[H+]. The molecule has 0 atom stereocenters. The van der Waals surface area contributed by atoms with Crippen LogP contribution in [0.3, 0.4) is 0 Å². The first-order valence-electron chi connectivity index (χ1n) is 6.04. The summed E-state index contributed by atoms with van der Waals surface area (Å²) in [6.07, 6.45) is 6.66. The third kappa shape index (κ3) is 3.99. The van der Waals surface area contributed by atoms with Gasteiger partial charge in [0.25, 0.3) is 9.04 Å². The smallest absolute Gasteiger partial charge is 0.541 e. The Morgan fingerprint density at radius 3 is 2.84 bits per heavy atom. The molecule has 97 valence electrons. The van der Waals surface area contributed by atoms with Gasteiger partial charge in [-0.2, -0.15) is 0 Å². The second-order valence-corrected chi connectivity index (χ2v) is 6.39. The molecular formula is C14H17N3OSi+. The maximum absolute atomic E-state index is 5.87. The highest BCUT2D eigenvalue weighted by atomic mass is 28.3. The van der Waals surface area contributed by atoms with E-state index in [0.29, 0.717) is 0 Å². The van der Waals surface area contributed by atoms with E-state index in [2.05, 4.69) is 28.1 Å². The van der Waals surface area contributed by atoms with Crippen LogP contribution in [0.4, 0.5) is 5.69 Å². The molecule has 0 unspecified atom stereocenters. The van der Waals surface area contributed by atoms with Crippen LogP contribution in [0, 0.1) is 6.92 Å². The highest BCUT2D eigenvalue weighted by Gasteiger charge is 2.06. The Morgan fingerprint density at radius 2 is 2.16 bits per heavy atom. The number of aromatic nitrogens is 2. The quantitative estimate of drug-likeness (QED) is 0.633.